The van der Waals surface area contributed by atoms with Crippen LogP contribution in [0.2, 0.25) is 10.0 Å². The van der Waals surface area contributed by atoms with Gasteiger partial charge >= 0.3 is 0 Å². The van der Waals surface area contributed by atoms with Crippen molar-refractivity contribution in [3.05, 3.63) is 94.0 Å². The molecule has 0 aliphatic heterocycles. The molecule has 2 aromatic carbocycles. The second-order valence-corrected chi connectivity index (χ2v) is 7.47. The van der Waals surface area contributed by atoms with E-state index in [4.69, 9.17) is 27.6 Å². The van der Waals surface area contributed by atoms with Crippen molar-refractivity contribution in [2.45, 2.75) is 18.9 Å². The van der Waals surface area contributed by atoms with Crippen LogP contribution in [0.15, 0.2) is 71.5 Å². The zero-order valence-electron chi connectivity index (χ0n) is 14.9. The molecule has 1 unspecified atom stereocenters. The Morgan fingerprint density at radius 2 is 1.93 bits per heavy atom. The number of hydrogen-bond acceptors (Lipinski definition) is 2. The highest BCUT2D eigenvalue weighted by Gasteiger charge is 2.22. The molecule has 2 N–H and O–H groups in total. The van der Waals surface area contributed by atoms with Crippen molar-refractivity contribution in [1.82, 2.24) is 10.3 Å². The highest BCUT2D eigenvalue weighted by Crippen LogP contribution is 2.35. The maximum absolute atomic E-state index is 12.7. The summed E-state index contributed by atoms with van der Waals surface area (Å²) in [5.41, 5.74) is 2.96. The first-order valence-electron chi connectivity index (χ1n) is 8.91. The molecule has 0 saturated carbocycles. The molecule has 0 spiro atoms. The molecule has 1 amide bonds. The van der Waals surface area contributed by atoms with Crippen LogP contribution in [0.5, 0.6) is 0 Å². The van der Waals surface area contributed by atoms with E-state index in [1.165, 1.54) is 0 Å². The van der Waals surface area contributed by atoms with E-state index in [1.807, 2.05) is 54.7 Å². The summed E-state index contributed by atoms with van der Waals surface area (Å²) in [6, 6.07) is 16.9. The standard InChI is InChI=1S/C22H18Cl2N2O2/c23-15-4-1-3-14(9-15)18(11-22(27)26-12-17-5-2-8-28-17)20-13-25-21-7-6-16(24)10-19(20)21/h1-10,13,18,25H,11-12H2,(H,26,27). The highest BCUT2D eigenvalue weighted by atomic mass is 35.5. The van der Waals surface area contributed by atoms with Crippen molar-refractivity contribution in [3.8, 4) is 0 Å². The van der Waals surface area contributed by atoms with Crippen LogP contribution >= 0.6 is 23.2 Å². The third kappa shape index (κ3) is 4.08. The minimum absolute atomic E-state index is 0.0715. The molecule has 0 radical (unpaired) electrons. The monoisotopic (exact) mass is 412 g/mol. The molecule has 4 rings (SSSR count). The average Bonchev–Trinajstić information content (AvgIpc) is 3.34. The highest BCUT2D eigenvalue weighted by molar-refractivity contribution is 6.31. The summed E-state index contributed by atoms with van der Waals surface area (Å²) < 4.78 is 5.28. The first-order chi connectivity index (χ1) is 13.6. The number of H-pyrrole nitrogens is 1. The number of benzene rings is 2. The Morgan fingerprint density at radius 1 is 1.07 bits per heavy atom. The SMILES string of the molecule is O=C(CC(c1cccc(Cl)c1)c1c[nH]c2ccc(Cl)cc12)NCc1ccco1. The number of hydrogen-bond donors (Lipinski definition) is 2. The van der Waals surface area contributed by atoms with Crippen molar-refractivity contribution in [1.29, 1.82) is 0 Å². The van der Waals surface area contributed by atoms with Crippen LogP contribution in [0, 0.1) is 0 Å². The number of fused-ring (bicyclic) bond motifs is 1. The van der Waals surface area contributed by atoms with Gasteiger partial charge in [-0.25, -0.2) is 0 Å². The summed E-state index contributed by atoms with van der Waals surface area (Å²) in [6.07, 6.45) is 3.80. The van der Waals surface area contributed by atoms with Gasteiger partial charge < -0.3 is 14.7 Å². The van der Waals surface area contributed by atoms with E-state index in [2.05, 4.69) is 10.3 Å². The molecule has 0 saturated heterocycles. The summed E-state index contributed by atoms with van der Waals surface area (Å²) in [5, 5.41) is 5.20. The van der Waals surface area contributed by atoms with Gasteiger partial charge in [0.15, 0.2) is 0 Å². The van der Waals surface area contributed by atoms with E-state index in [-0.39, 0.29) is 18.2 Å². The third-order valence-electron chi connectivity index (χ3n) is 4.73. The fourth-order valence-corrected chi connectivity index (χ4v) is 3.76. The molecule has 4 aromatic rings. The smallest absolute Gasteiger partial charge is 0.221 e. The lowest BCUT2D eigenvalue weighted by molar-refractivity contribution is -0.121. The lowest BCUT2D eigenvalue weighted by Gasteiger charge is -2.17. The number of rotatable bonds is 6. The zero-order valence-corrected chi connectivity index (χ0v) is 16.4. The van der Waals surface area contributed by atoms with Gasteiger partial charge in [0, 0.05) is 39.5 Å². The Kier molecular flexibility index (Phi) is 5.42. The van der Waals surface area contributed by atoms with Gasteiger partial charge in [-0.1, -0.05) is 35.3 Å². The lowest BCUT2D eigenvalue weighted by atomic mass is 9.88. The largest absolute Gasteiger partial charge is 0.467 e. The molecule has 0 fully saturated rings. The van der Waals surface area contributed by atoms with E-state index in [0.29, 0.717) is 22.4 Å². The maximum atomic E-state index is 12.7. The van der Waals surface area contributed by atoms with Crippen molar-refractivity contribution >= 4 is 40.0 Å². The normalized spacial score (nSPS) is 12.2. The number of carbonyl (C=O) groups is 1. The van der Waals surface area contributed by atoms with Crippen LogP contribution in [0.1, 0.15) is 29.2 Å². The molecule has 4 nitrogen and oxygen atoms in total. The Morgan fingerprint density at radius 3 is 2.71 bits per heavy atom. The summed E-state index contributed by atoms with van der Waals surface area (Å²) in [6.45, 7) is 0.355. The Labute approximate surface area is 172 Å². The van der Waals surface area contributed by atoms with E-state index < -0.39 is 0 Å². The lowest BCUT2D eigenvalue weighted by Crippen LogP contribution is -2.24. The number of amides is 1. The predicted octanol–water partition coefficient (Wildman–Crippen LogP) is 5.91. The number of aromatic amines is 1. The van der Waals surface area contributed by atoms with Crippen LogP contribution in [-0.2, 0) is 11.3 Å². The summed E-state index contributed by atoms with van der Waals surface area (Å²) >= 11 is 12.4. The molecular weight excluding hydrogens is 395 g/mol. The Bertz CT molecular complexity index is 1100. The molecule has 6 heteroatoms. The van der Waals surface area contributed by atoms with Gasteiger partial charge in [-0.05, 0) is 53.6 Å². The first-order valence-corrected chi connectivity index (χ1v) is 9.67. The van der Waals surface area contributed by atoms with Crippen LogP contribution in [0.4, 0.5) is 0 Å². The van der Waals surface area contributed by atoms with E-state index in [1.54, 1.807) is 12.3 Å². The summed E-state index contributed by atoms with van der Waals surface area (Å²) in [7, 11) is 0. The number of carbonyl (C=O) groups excluding carboxylic acids is 1. The number of nitrogens with one attached hydrogen (secondary N) is 2. The molecule has 0 aliphatic carbocycles. The number of aromatic nitrogens is 1. The van der Waals surface area contributed by atoms with Gasteiger partial charge in [0.25, 0.3) is 0 Å². The zero-order chi connectivity index (χ0) is 19.5. The number of halogens is 2. The minimum atomic E-state index is -0.164. The first kappa shape index (κ1) is 18.7. The molecule has 0 bridgehead atoms. The topological polar surface area (TPSA) is 58.0 Å². The second-order valence-electron chi connectivity index (χ2n) is 6.60. The minimum Gasteiger partial charge on any atom is -0.467 e. The van der Waals surface area contributed by atoms with Crippen molar-refractivity contribution in [2.24, 2.45) is 0 Å². The van der Waals surface area contributed by atoms with Gasteiger partial charge in [-0.3, -0.25) is 4.79 Å². The molecule has 2 aromatic heterocycles. The van der Waals surface area contributed by atoms with E-state index in [0.717, 1.165) is 22.0 Å². The Hall–Kier alpha value is -2.69. The van der Waals surface area contributed by atoms with E-state index in [9.17, 15) is 4.79 Å². The molecular formula is C22H18Cl2N2O2. The average molecular weight is 413 g/mol. The van der Waals surface area contributed by atoms with E-state index >= 15 is 0 Å². The Balaban J connectivity index is 1.65. The molecule has 2 heterocycles. The molecule has 0 aliphatic rings. The van der Waals surface area contributed by atoms with Gasteiger partial charge in [-0.15, -0.1) is 0 Å². The van der Waals surface area contributed by atoms with Crippen LogP contribution in [0.25, 0.3) is 10.9 Å². The van der Waals surface area contributed by atoms with Crippen LogP contribution in [-0.4, -0.2) is 10.9 Å². The summed E-state index contributed by atoms with van der Waals surface area (Å²) in [5.74, 6) is 0.479. The van der Waals surface area contributed by atoms with Gasteiger partial charge in [0.1, 0.15) is 5.76 Å². The number of furan rings is 1. The van der Waals surface area contributed by atoms with Crippen molar-refractivity contribution in [2.75, 3.05) is 0 Å². The fourth-order valence-electron chi connectivity index (χ4n) is 3.39. The van der Waals surface area contributed by atoms with Gasteiger partial charge in [-0.2, -0.15) is 0 Å². The van der Waals surface area contributed by atoms with Crippen LogP contribution < -0.4 is 5.32 Å². The second kappa shape index (κ2) is 8.13. The van der Waals surface area contributed by atoms with Crippen LogP contribution in [0.3, 0.4) is 0 Å². The predicted molar refractivity (Wildman–Crippen MR) is 112 cm³/mol. The van der Waals surface area contributed by atoms with Crippen molar-refractivity contribution in [3.63, 3.8) is 0 Å². The molecule has 142 valence electrons. The maximum Gasteiger partial charge on any atom is 0.221 e. The molecule has 28 heavy (non-hydrogen) atoms. The van der Waals surface area contributed by atoms with Gasteiger partial charge in [0.2, 0.25) is 5.91 Å². The fraction of sp³-hybridized carbons (Fsp3) is 0.136. The molecule has 1 atom stereocenters. The third-order valence-corrected chi connectivity index (χ3v) is 5.20. The van der Waals surface area contributed by atoms with Gasteiger partial charge in [0.05, 0.1) is 12.8 Å². The van der Waals surface area contributed by atoms with Crippen molar-refractivity contribution < 1.29 is 9.21 Å². The summed E-state index contributed by atoms with van der Waals surface area (Å²) in [4.78, 5) is 16.0. The quantitative estimate of drug-likeness (QED) is 0.413.